The molecule has 20 heavy (non-hydrogen) atoms. The zero-order valence-electron chi connectivity index (χ0n) is 10.6. The highest BCUT2D eigenvalue weighted by atomic mass is 32.1. The predicted octanol–water partition coefficient (Wildman–Crippen LogP) is 2.90. The van der Waals surface area contributed by atoms with E-state index in [9.17, 15) is 4.79 Å². The van der Waals surface area contributed by atoms with Gasteiger partial charge >= 0.3 is 5.97 Å². The summed E-state index contributed by atoms with van der Waals surface area (Å²) in [6.45, 7) is 0. The van der Waals surface area contributed by atoms with E-state index in [-0.39, 0.29) is 5.56 Å². The van der Waals surface area contributed by atoms with E-state index < -0.39 is 5.97 Å². The number of carbonyl (C=O) groups is 1. The van der Waals surface area contributed by atoms with E-state index in [0.29, 0.717) is 0 Å². The smallest absolute Gasteiger partial charge is 0.335 e. The summed E-state index contributed by atoms with van der Waals surface area (Å²) >= 11 is 1.47. The average Bonchev–Trinajstić information content (AvgIpc) is 3.00. The molecule has 0 spiro atoms. The van der Waals surface area contributed by atoms with Gasteiger partial charge in [-0.25, -0.2) is 9.78 Å². The molecule has 100 valence electrons. The number of aryl methyl sites for hydroxylation is 1. The minimum atomic E-state index is -0.924. The number of thiazole rings is 1. The van der Waals surface area contributed by atoms with Gasteiger partial charge in [0.25, 0.3) is 0 Å². The van der Waals surface area contributed by atoms with Crippen molar-refractivity contribution >= 4 is 39.7 Å². The Balaban J connectivity index is 1.95. The van der Waals surface area contributed by atoms with Crippen molar-refractivity contribution in [1.29, 1.82) is 0 Å². The second kappa shape index (κ2) is 4.90. The second-order valence-corrected chi connectivity index (χ2v) is 5.32. The minimum Gasteiger partial charge on any atom is -0.478 e. The summed E-state index contributed by atoms with van der Waals surface area (Å²) in [6, 6.07) is 6.86. The number of aromatic nitrogens is 3. The van der Waals surface area contributed by atoms with Crippen molar-refractivity contribution in [3.05, 3.63) is 46.7 Å². The van der Waals surface area contributed by atoms with Crippen molar-refractivity contribution in [1.82, 2.24) is 14.8 Å². The molecular formula is C14H11N3O2S. The Morgan fingerprint density at radius 3 is 2.90 bits per heavy atom. The zero-order chi connectivity index (χ0) is 14.1. The molecule has 0 aliphatic carbocycles. The maximum atomic E-state index is 10.9. The van der Waals surface area contributed by atoms with Crippen LogP contribution >= 0.6 is 11.3 Å². The third-order valence-electron chi connectivity index (χ3n) is 2.91. The van der Waals surface area contributed by atoms with Crippen molar-refractivity contribution in [3.8, 4) is 0 Å². The summed E-state index contributed by atoms with van der Waals surface area (Å²) in [5, 5.41) is 13.9. The van der Waals surface area contributed by atoms with Crippen LogP contribution in [-0.2, 0) is 7.05 Å². The van der Waals surface area contributed by atoms with E-state index in [1.807, 2.05) is 25.3 Å². The van der Waals surface area contributed by atoms with Crippen molar-refractivity contribution < 1.29 is 9.90 Å². The van der Waals surface area contributed by atoms with E-state index in [1.165, 1.54) is 11.3 Å². The van der Waals surface area contributed by atoms with Crippen molar-refractivity contribution in [2.24, 2.45) is 7.05 Å². The summed E-state index contributed by atoms with van der Waals surface area (Å²) in [5.41, 5.74) is 2.07. The van der Waals surface area contributed by atoms with E-state index in [4.69, 9.17) is 5.11 Å². The number of carboxylic acid groups (broad SMARTS) is 1. The Labute approximate surface area is 118 Å². The van der Waals surface area contributed by atoms with Crippen LogP contribution in [0.2, 0.25) is 0 Å². The zero-order valence-corrected chi connectivity index (χ0v) is 11.5. The summed E-state index contributed by atoms with van der Waals surface area (Å²) in [4.78, 5) is 15.4. The first-order valence-corrected chi connectivity index (χ1v) is 6.75. The molecule has 0 atom stereocenters. The molecule has 0 amide bonds. The molecule has 5 nitrogen and oxygen atoms in total. The van der Waals surface area contributed by atoms with Crippen LogP contribution in [0.4, 0.5) is 0 Å². The molecule has 0 fully saturated rings. The summed E-state index contributed by atoms with van der Waals surface area (Å²) in [6.07, 6.45) is 5.57. The molecule has 3 aromatic rings. The van der Waals surface area contributed by atoms with Crippen LogP contribution < -0.4 is 0 Å². The molecule has 3 rings (SSSR count). The highest BCUT2D eigenvalue weighted by molar-refractivity contribution is 7.19. The van der Waals surface area contributed by atoms with E-state index in [2.05, 4.69) is 10.1 Å². The molecule has 0 unspecified atom stereocenters. The number of hydrogen-bond acceptors (Lipinski definition) is 4. The van der Waals surface area contributed by atoms with Gasteiger partial charge in [-0.3, -0.25) is 4.68 Å². The first kappa shape index (κ1) is 12.6. The number of benzene rings is 1. The molecule has 0 aliphatic rings. The van der Waals surface area contributed by atoms with Gasteiger partial charge in [0.05, 0.1) is 21.5 Å². The Hall–Kier alpha value is -2.47. The van der Waals surface area contributed by atoms with Crippen LogP contribution in [0, 0.1) is 0 Å². The molecule has 0 bridgehead atoms. The number of nitrogens with zero attached hydrogens (tertiary/aromatic N) is 3. The first-order chi connectivity index (χ1) is 9.63. The van der Waals surface area contributed by atoms with Crippen molar-refractivity contribution in [3.63, 3.8) is 0 Å². The number of fused-ring (bicyclic) bond motifs is 1. The highest BCUT2D eigenvalue weighted by Gasteiger charge is 2.07. The summed E-state index contributed by atoms with van der Waals surface area (Å²) < 4.78 is 2.64. The average molecular weight is 285 g/mol. The third kappa shape index (κ3) is 2.33. The maximum absolute atomic E-state index is 10.9. The Kier molecular flexibility index (Phi) is 3.08. The number of rotatable bonds is 3. The maximum Gasteiger partial charge on any atom is 0.335 e. The van der Waals surface area contributed by atoms with Crippen LogP contribution in [0.3, 0.4) is 0 Å². The van der Waals surface area contributed by atoms with Crippen LogP contribution in [0.5, 0.6) is 0 Å². The van der Waals surface area contributed by atoms with Gasteiger partial charge in [-0.2, -0.15) is 5.10 Å². The Bertz CT molecular complexity index is 817. The van der Waals surface area contributed by atoms with E-state index in [1.54, 1.807) is 29.1 Å². The molecule has 0 aliphatic heterocycles. The lowest BCUT2D eigenvalue weighted by molar-refractivity contribution is 0.0697. The lowest BCUT2D eigenvalue weighted by atomic mass is 10.2. The molecule has 0 radical (unpaired) electrons. The lowest BCUT2D eigenvalue weighted by Gasteiger charge is -1.91. The molecular weight excluding hydrogens is 274 g/mol. The first-order valence-electron chi connectivity index (χ1n) is 5.93. The second-order valence-electron chi connectivity index (χ2n) is 4.25. The topological polar surface area (TPSA) is 68.0 Å². The summed E-state index contributed by atoms with van der Waals surface area (Å²) in [5.74, 6) is -0.924. The monoisotopic (exact) mass is 285 g/mol. The number of carboxylic acids is 1. The molecule has 0 saturated carbocycles. The van der Waals surface area contributed by atoms with Crippen molar-refractivity contribution in [2.45, 2.75) is 0 Å². The molecule has 1 N–H and O–H groups in total. The molecule has 6 heteroatoms. The normalized spacial score (nSPS) is 11.4. The fourth-order valence-electron chi connectivity index (χ4n) is 1.85. The fraction of sp³-hybridized carbons (Fsp3) is 0.0714. The van der Waals surface area contributed by atoms with Gasteiger partial charge in [0.2, 0.25) is 0 Å². The lowest BCUT2D eigenvalue weighted by Crippen LogP contribution is -1.94. The molecule has 2 aromatic heterocycles. The molecule has 1 aromatic carbocycles. The Morgan fingerprint density at radius 1 is 1.35 bits per heavy atom. The van der Waals surface area contributed by atoms with E-state index >= 15 is 0 Å². The van der Waals surface area contributed by atoms with Gasteiger partial charge in [0.15, 0.2) is 0 Å². The highest BCUT2D eigenvalue weighted by Crippen LogP contribution is 2.24. The van der Waals surface area contributed by atoms with E-state index in [0.717, 1.165) is 20.9 Å². The fourth-order valence-corrected chi connectivity index (χ4v) is 2.76. The van der Waals surface area contributed by atoms with Gasteiger partial charge in [0, 0.05) is 13.2 Å². The van der Waals surface area contributed by atoms with Gasteiger partial charge in [-0.05, 0) is 36.4 Å². The van der Waals surface area contributed by atoms with Gasteiger partial charge in [-0.15, -0.1) is 11.3 Å². The van der Waals surface area contributed by atoms with Gasteiger partial charge in [0.1, 0.15) is 5.01 Å². The quantitative estimate of drug-likeness (QED) is 0.803. The van der Waals surface area contributed by atoms with Crippen molar-refractivity contribution in [2.75, 3.05) is 0 Å². The van der Waals surface area contributed by atoms with Crippen LogP contribution in [0.1, 0.15) is 21.1 Å². The SMILES string of the molecule is Cn1nccc1/C=C/c1nc2ccc(C(=O)O)cc2s1. The Morgan fingerprint density at radius 2 is 2.20 bits per heavy atom. The number of hydrogen-bond donors (Lipinski definition) is 1. The standard InChI is InChI=1S/C14H11N3O2S/c1-17-10(6-7-15-17)3-5-13-16-11-4-2-9(14(18)19)8-12(11)20-13/h2-8H,1H3,(H,18,19)/b5-3+. The van der Waals surface area contributed by atoms with Crippen LogP contribution in [0.15, 0.2) is 30.5 Å². The summed E-state index contributed by atoms with van der Waals surface area (Å²) in [7, 11) is 1.87. The largest absolute Gasteiger partial charge is 0.478 e. The van der Waals surface area contributed by atoms with Crippen LogP contribution in [0.25, 0.3) is 22.4 Å². The van der Waals surface area contributed by atoms with Crippen LogP contribution in [-0.4, -0.2) is 25.8 Å². The third-order valence-corrected chi connectivity index (χ3v) is 3.89. The molecule has 2 heterocycles. The minimum absolute atomic E-state index is 0.281. The predicted molar refractivity (Wildman–Crippen MR) is 78.7 cm³/mol. The molecule has 0 saturated heterocycles. The number of aromatic carboxylic acids is 1. The van der Waals surface area contributed by atoms with Gasteiger partial charge < -0.3 is 5.11 Å². The van der Waals surface area contributed by atoms with Gasteiger partial charge in [-0.1, -0.05) is 0 Å².